The first-order chi connectivity index (χ1) is 19.1. The molecule has 6 N–H and O–H groups in total. The van der Waals surface area contributed by atoms with Crippen LogP contribution >= 0.6 is 0 Å². The van der Waals surface area contributed by atoms with Crippen LogP contribution in [0, 0.1) is 0 Å². The molecule has 218 valence electrons. The third-order valence-electron chi connectivity index (χ3n) is 7.97. The molecule has 0 radical (unpaired) electrons. The number of carbonyl (C=O) groups excluding carboxylic acids is 2. The van der Waals surface area contributed by atoms with E-state index in [2.05, 4.69) is 22.1 Å². The highest BCUT2D eigenvalue weighted by Gasteiger charge is 2.34. The van der Waals surface area contributed by atoms with E-state index in [9.17, 15) is 19.5 Å². The molecule has 1 unspecified atom stereocenters. The molecule has 1 aliphatic carbocycles. The Balaban J connectivity index is 1.32. The number of aromatic nitrogens is 2. The standard InChI is InChI=1S/C28H42N8O4/c1-3-33(22-10-6-21(29)7-11-22)18-20-4-8-23(9-5-20)36-13-12-24(32-27(36)40)31-26(39)35-16-14-34(15-17-35)25(38)28(2,30)19-37/h4-5,8-9,12-13,21-22,37H,3,6-7,10-11,14-19,29-30H2,1-2H3,(H,31,32,39,40). The maximum absolute atomic E-state index is 12.8. The highest BCUT2D eigenvalue weighted by Crippen LogP contribution is 2.24. The van der Waals surface area contributed by atoms with Crippen LogP contribution in [-0.4, -0.2) is 98.2 Å². The number of anilines is 1. The Labute approximate surface area is 234 Å². The number of hydrogen-bond acceptors (Lipinski definition) is 8. The van der Waals surface area contributed by atoms with E-state index in [0.29, 0.717) is 44.0 Å². The lowest BCUT2D eigenvalue weighted by atomic mass is 9.90. The van der Waals surface area contributed by atoms with Crippen molar-refractivity contribution >= 4 is 17.8 Å². The van der Waals surface area contributed by atoms with Crippen molar-refractivity contribution in [3.05, 3.63) is 52.6 Å². The van der Waals surface area contributed by atoms with Crippen molar-refractivity contribution in [2.24, 2.45) is 11.5 Å². The van der Waals surface area contributed by atoms with E-state index in [1.165, 1.54) is 22.0 Å². The van der Waals surface area contributed by atoms with Crippen molar-refractivity contribution in [3.63, 3.8) is 0 Å². The van der Waals surface area contributed by atoms with Gasteiger partial charge in [0, 0.05) is 51.0 Å². The Morgan fingerprint density at radius 3 is 2.27 bits per heavy atom. The quantitative estimate of drug-likeness (QED) is 0.371. The number of nitrogens with two attached hydrogens (primary N) is 2. The lowest BCUT2D eigenvalue weighted by Gasteiger charge is -2.37. The van der Waals surface area contributed by atoms with E-state index < -0.39 is 23.9 Å². The maximum atomic E-state index is 12.8. The molecule has 12 heteroatoms. The molecule has 2 fully saturated rings. The first-order valence-corrected chi connectivity index (χ1v) is 14.0. The van der Waals surface area contributed by atoms with Crippen LogP contribution < -0.4 is 22.5 Å². The Kier molecular flexibility index (Phi) is 9.56. The SMILES string of the molecule is CCN(Cc1ccc(-n2ccc(NC(=O)N3CCN(C(=O)C(C)(N)CO)CC3)nc2=O)cc1)C1CCC(N)CC1. The minimum Gasteiger partial charge on any atom is -0.394 e. The molecule has 40 heavy (non-hydrogen) atoms. The Morgan fingerprint density at radius 1 is 1.07 bits per heavy atom. The van der Waals surface area contributed by atoms with Crippen molar-refractivity contribution < 1.29 is 14.7 Å². The van der Waals surface area contributed by atoms with Gasteiger partial charge >= 0.3 is 11.7 Å². The summed E-state index contributed by atoms with van der Waals surface area (Å²) in [4.78, 5) is 47.6. The second kappa shape index (κ2) is 12.9. The molecule has 0 bridgehead atoms. The van der Waals surface area contributed by atoms with Crippen LogP contribution in [0.25, 0.3) is 5.69 Å². The molecule has 2 aliphatic rings. The zero-order valence-corrected chi connectivity index (χ0v) is 23.5. The number of piperazine rings is 1. The molecule has 1 aliphatic heterocycles. The summed E-state index contributed by atoms with van der Waals surface area (Å²) in [6, 6.07) is 9.95. The summed E-state index contributed by atoms with van der Waals surface area (Å²) in [6.45, 7) is 6.23. The molecule has 2 heterocycles. The molecule has 3 amide bonds. The average Bonchev–Trinajstić information content (AvgIpc) is 2.96. The summed E-state index contributed by atoms with van der Waals surface area (Å²) in [5, 5.41) is 12.0. The smallest absolute Gasteiger partial charge is 0.354 e. The summed E-state index contributed by atoms with van der Waals surface area (Å²) in [5.41, 5.74) is 11.9. The van der Waals surface area contributed by atoms with Gasteiger partial charge in [-0.3, -0.25) is 19.6 Å². The van der Waals surface area contributed by atoms with Gasteiger partial charge in [-0.1, -0.05) is 19.1 Å². The van der Waals surface area contributed by atoms with Crippen LogP contribution in [0.15, 0.2) is 41.3 Å². The molecule has 2 aromatic rings. The molecular weight excluding hydrogens is 512 g/mol. The van der Waals surface area contributed by atoms with Crippen LogP contribution in [0.2, 0.25) is 0 Å². The number of amides is 3. The van der Waals surface area contributed by atoms with Gasteiger partial charge < -0.3 is 26.4 Å². The number of nitrogens with zero attached hydrogens (tertiary/aromatic N) is 5. The highest BCUT2D eigenvalue weighted by molar-refractivity contribution is 5.89. The maximum Gasteiger partial charge on any atom is 0.354 e. The third kappa shape index (κ3) is 7.05. The molecule has 12 nitrogen and oxygen atoms in total. The largest absolute Gasteiger partial charge is 0.394 e. The fourth-order valence-electron chi connectivity index (χ4n) is 5.36. The van der Waals surface area contributed by atoms with Crippen LogP contribution in [0.4, 0.5) is 10.6 Å². The number of nitrogens with one attached hydrogen (secondary N) is 1. The minimum atomic E-state index is -1.35. The number of hydrogen-bond donors (Lipinski definition) is 4. The van der Waals surface area contributed by atoms with Gasteiger partial charge in [0.1, 0.15) is 11.4 Å². The molecular formula is C28H42N8O4. The molecule has 1 saturated heterocycles. The predicted octanol–water partition coefficient (Wildman–Crippen LogP) is 0.710. The van der Waals surface area contributed by atoms with Gasteiger partial charge in [0.15, 0.2) is 0 Å². The van der Waals surface area contributed by atoms with E-state index in [1.807, 2.05) is 24.3 Å². The summed E-state index contributed by atoms with van der Waals surface area (Å²) in [5.74, 6) is -0.201. The van der Waals surface area contributed by atoms with E-state index >= 15 is 0 Å². The Morgan fingerprint density at radius 2 is 1.70 bits per heavy atom. The molecule has 1 aromatic heterocycles. The number of benzene rings is 1. The van der Waals surface area contributed by atoms with E-state index in [0.717, 1.165) is 38.8 Å². The predicted molar refractivity (Wildman–Crippen MR) is 153 cm³/mol. The lowest BCUT2D eigenvalue weighted by Crippen LogP contribution is -2.60. The van der Waals surface area contributed by atoms with Crippen molar-refractivity contribution in [3.8, 4) is 5.69 Å². The normalized spacial score (nSPS) is 21.2. The average molecular weight is 555 g/mol. The first-order valence-electron chi connectivity index (χ1n) is 14.0. The van der Waals surface area contributed by atoms with E-state index in [1.54, 1.807) is 17.2 Å². The van der Waals surface area contributed by atoms with Gasteiger partial charge in [0.2, 0.25) is 5.91 Å². The van der Waals surface area contributed by atoms with Gasteiger partial charge in [-0.25, -0.2) is 9.59 Å². The van der Waals surface area contributed by atoms with Crippen molar-refractivity contribution in [2.45, 2.75) is 63.7 Å². The molecule has 1 aromatic carbocycles. The van der Waals surface area contributed by atoms with Gasteiger partial charge in [-0.05, 0) is 62.9 Å². The first kappa shape index (κ1) is 29.7. The van der Waals surface area contributed by atoms with Crippen LogP contribution in [0.5, 0.6) is 0 Å². The van der Waals surface area contributed by atoms with E-state index in [4.69, 9.17) is 11.5 Å². The van der Waals surface area contributed by atoms with Crippen LogP contribution in [0.3, 0.4) is 0 Å². The summed E-state index contributed by atoms with van der Waals surface area (Å²) >= 11 is 0. The topological polar surface area (TPSA) is 163 Å². The van der Waals surface area contributed by atoms with Crippen LogP contribution in [0.1, 0.15) is 45.1 Å². The van der Waals surface area contributed by atoms with Gasteiger partial charge in [-0.15, -0.1) is 0 Å². The number of rotatable bonds is 8. The zero-order valence-electron chi connectivity index (χ0n) is 23.5. The summed E-state index contributed by atoms with van der Waals surface area (Å²) < 4.78 is 1.44. The fourth-order valence-corrected chi connectivity index (χ4v) is 5.36. The molecule has 1 atom stereocenters. The van der Waals surface area contributed by atoms with Crippen molar-refractivity contribution in [1.29, 1.82) is 0 Å². The number of urea groups is 1. The van der Waals surface area contributed by atoms with Crippen LogP contribution in [-0.2, 0) is 11.3 Å². The second-order valence-electron chi connectivity index (χ2n) is 11.0. The number of carbonyl (C=O) groups is 2. The second-order valence-corrected chi connectivity index (χ2v) is 11.0. The third-order valence-corrected chi connectivity index (χ3v) is 7.97. The fraction of sp³-hybridized carbons (Fsp3) is 0.571. The van der Waals surface area contributed by atoms with Crippen molar-refractivity contribution in [1.82, 2.24) is 24.3 Å². The number of aliphatic hydroxyl groups is 1. The zero-order chi connectivity index (χ0) is 28.9. The lowest BCUT2D eigenvalue weighted by molar-refractivity contribution is -0.139. The summed E-state index contributed by atoms with van der Waals surface area (Å²) in [7, 11) is 0. The monoisotopic (exact) mass is 554 g/mol. The highest BCUT2D eigenvalue weighted by atomic mass is 16.3. The minimum absolute atomic E-state index is 0.155. The molecule has 0 spiro atoms. The van der Waals surface area contributed by atoms with Gasteiger partial charge in [0.25, 0.3) is 0 Å². The van der Waals surface area contributed by atoms with E-state index in [-0.39, 0.29) is 11.7 Å². The number of aliphatic hydroxyl groups excluding tert-OH is 1. The summed E-state index contributed by atoms with van der Waals surface area (Å²) in [6.07, 6.45) is 6.00. The van der Waals surface area contributed by atoms with Gasteiger partial charge in [-0.2, -0.15) is 4.98 Å². The van der Waals surface area contributed by atoms with Gasteiger partial charge in [0.05, 0.1) is 12.3 Å². The molecule has 1 saturated carbocycles. The Hall–Kier alpha value is -3.32. The van der Waals surface area contributed by atoms with Crippen molar-refractivity contribution in [2.75, 3.05) is 44.6 Å². The molecule has 4 rings (SSSR count). The Bertz CT molecular complexity index is 1220.